The monoisotopic (exact) mass is 234 g/mol. The van der Waals surface area contributed by atoms with E-state index in [4.69, 9.17) is 26.3 Å². The normalized spacial score (nSPS) is 11.1. The Hall–Kier alpha value is -1.94. The number of furan rings is 1. The summed E-state index contributed by atoms with van der Waals surface area (Å²) in [5.41, 5.74) is 6.10. The minimum absolute atomic E-state index is 0.321. The first kappa shape index (κ1) is 9.30. The van der Waals surface area contributed by atoms with E-state index in [0.29, 0.717) is 27.9 Å². The van der Waals surface area contributed by atoms with Crippen LogP contribution in [-0.2, 0) is 0 Å². The van der Waals surface area contributed by atoms with Gasteiger partial charge in [0.15, 0.2) is 17.2 Å². The van der Waals surface area contributed by atoms with Crippen molar-refractivity contribution in [3.05, 3.63) is 35.4 Å². The molecular weight excluding hydrogens is 228 g/mol. The predicted octanol–water partition coefficient (Wildman–Crippen LogP) is 3.32. The zero-order chi connectivity index (χ0) is 11.1. The molecule has 0 bridgehead atoms. The fraction of sp³-hybridized carbons (Fsp3) is 0. The van der Waals surface area contributed by atoms with Crippen molar-refractivity contribution in [2.24, 2.45) is 0 Å². The first-order valence-electron chi connectivity index (χ1n) is 4.64. The van der Waals surface area contributed by atoms with Gasteiger partial charge in [0.25, 0.3) is 0 Å². The fourth-order valence-corrected chi connectivity index (χ4v) is 1.77. The Morgan fingerprint density at radius 3 is 2.75 bits per heavy atom. The van der Waals surface area contributed by atoms with Crippen molar-refractivity contribution < 1.29 is 8.94 Å². The summed E-state index contributed by atoms with van der Waals surface area (Å²) in [6.45, 7) is 0. The highest BCUT2D eigenvalue weighted by Crippen LogP contribution is 2.32. The van der Waals surface area contributed by atoms with E-state index in [2.05, 4.69) is 5.16 Å². The summed E-state index contributed by atoms with van der Waals surface area (Å²) in [7, 11) is 0. The SMILES string of the molecule is Nc1cc(-c2cc3cccc(Cl)c3o2)on1. The van der Waals surface area contributed by atoms with Gasteiger partial charge in [0, 0.05) is 11.5 Å². The van der Waals surface area contributed by atoms with Gasteiger partial charge >= 0.3 is 0 Å². The van der Waals surface area contributed by atoms with Crippen molar-refractivity contribution in [1.82, 2.24) is 5.16 Å². The molecule has 2 aromatic heterocycles. The molecule has 0 radical (unpaired) electrons. The highest BCUT2D eigenvalue weighted by molar-refractivity contribution is 6.34. The molecule has 0 aliphatic carbocycles. The van der Waals surface area contributed by atoms with E-state index in [1.54, 1.807) is 12.1 Å². The average Bonchev–Trinajstić information content (AvgIpc) is 2.84. The number of halogens is 1. The first-order valence-corrected chi connectivity index (χ1v) is 5.02. The Kier molecular flexibility index (Phi) is 1.91. The highest BCUT2D eigenvalue weighted by atomic mass is 35.5. The van der Waals surface area contributed by atoms with Gasteiger partial charge in [-0.3, -0.25) is 0 Å². The average molecular weight is 235 g/mol. The summed E-state index contributed by atoms with van der Waals surface area (Å²) < 4.78 is 10.6. The van der Waals surface area contributed by atoms with E-state index in [1.165, 1.54) is 0 Å². The number of rotatable bonds is 1. The second-order valence-electron chi connectivity index (χ2n) is 3.38. The molecule has 2 N–H and O–H groups in total. The molecule has 0 fully saturated rings. The second-order valence-corrected chi connectivity index (χ2v) is 3.79. The van der Waals surface area contributed by atoms with E-state index < -0.39 is 0 Å². The Labute approximate surface area is 95.6 Å². The number of para-hydroxylation sites is 1. The van der Waals surface area contributed by atoms with Crippen LogP contribution in [0.15, 0.2) is 39.3 Å². The maximum Gasteiger partial charge on any atom is 0.204 e. The molecule has 0 spiro atoms. The zero-order valence-electron chi connectivity index (χ0n) is 8.11. The van der Waals surface area contributed by atoms with Gasteiger partial charge in [-0.2, -0.15) is 0 Å². The van der Waals surface area contributed by atoms with E-state index in [1.807, 2.05) is 18.2 Å². The van der Waals surface area contributed by atoms with E-state index in [0.717, 1.165) is 5.39 Å². The lowest BCUT2D eigenvalue weighted by Crippen LogP contribution is -1.79. The van der Waals surface area contributed by atoms with Gasteiger partial charge in [-0.25, -0.2) is 0 Å². The van der Waals surface area contributed by atoms with Crippen molar-refractivity contribution in [3.8, 4) is 11.5 Å². The molecule has 0 saturated carbocycles. The number of hydrogen-bond donors (Lipinski definition) is 1. The first-order chi connectivity index (χ1) is 7.74. The summed E-state index contributed by atoms with van der Waals surface area (Å²) in [5.74, 6) is 1.37. The number of nitrogens with two attached hydrogens (primary N) is 1. The van der Waals surface area contributed by atoms with Crippen LogP contribution in [0.25, 0.3) is 22.5 Å². The van der Waals surface area contributed by atoms with Crippen molar-refractivity contribution in [1.29, 1.82) is 0 Å². The van der Waals surface area contributed by atoms with Crippen molar-refractivity contribution in [3.63, 3.8) is 0 Å². The lowest BCUT2D eigenvalue weighted by Gasteiger charge is -1.89. The van der Waals surface area contributed by atoms with E-state index in [9.17, 15) is 0 Å². The third-order valence-electron chi connectivity index (χ3n) is 2.27. The van der Waals surface area contributed by atoms with Gasteiger partial charge < -0.3 is 14.7 Å². The van der Waals surface area contributed by atoms with Crippen molar-refractivity contribution in [2.75, 3.05) is 5.73 Å². The Morgan fingerprint density at radius 2 is 2.06 bits per heavy atom. The maximum absolute atomic E-state index is 6.00. The van der Waals surface area contributed by atoms with E-state index in [-0.39, 0.29) is 0 Å². The van der Waals surface area contributed by atoms with Gasteiger partial charge in [-0.1, -0.05) is 28.9 Å². The number of anilines is 1. The van der Waals surface area contributed by atoms with Crippen LogP contribution in [0.5, 0.6) is 0 Å². The quantitative estimate of drug-likeness (QED) is 0.701. The van der Waals surface area contributed by atoms with Gasteiger partial charge in [-0.05, 0) is 12.1 Å². The van der Waals surface area contributed by atoms with Crippen LogP contribution in [0.4, 0.5) is 5.82 Å². The summed E-state index contributed by atoms with van der Waals surface area (Å²) in [6, 6.07) is 8.98. The van der Waals surface area contributed by atoms with Crippen LogP contribution in [0.3, 0.4) is 0 Å². The molecule has 3 rings (SSSR count). The van der Waals surface area contributed by atoms with Gasteiger partial charge in [-0.15, -0.1) is 0 Å². The topological polar surface area (TPSA) is 65.2 Å². The highest BCUT2D eigenvalue weighted by Gasteiger charge is 2.12. The molecule has 0 unspecified atom stereocenters. The minimum atomic E-state index is 0.321. The van der Waals surface area contributed by atoms with Crippen LogP contribution in [-0.4, -0.2) is 5.16 Å². The maximum atomic E-state index is 6.00. The van der Waals surface area contributed by atoms with Crippen LogP contribution >= 0.6 is 11.6 Å². The minimum Gasteiger partial charge on any atom is -0.451 e. The van der Waals surface area contributed by atoms with Crippen LogP contribution in [0.1, 0.15) is 0 Å². The molecule has 4 nitrogen and oxygen atoms in total. The van der Waals surface area contributed by atoms with Crippen molar-refractivity contribution in [2.45, 2.75) is 0 Å². The molecule has 16 heavy (non-hydrogen) atoms. The number of nitrogen functional groups attached to an aromatic ring is 1. The van der Waals surface area contributed by atoms with Crippen molar-refractivity contribution >= 4 is 28.4 Å². The molecular formula is C11H7ClN2O2. The van der Waals surface area contributed by atoms with Gasteiger partial charge in [0.05, 0.1) is 5.02 Å². The Balaban J connectivity index is 2.22. The van der Waals surface area contributed by atoms with Crippen LogP contribution < -0.4 is 5.73 Å². The molecule has 0 amide bonds. The smallest absolute Gasteiger partial charge is 0.204 e. The Morgan fingerprint density at radius 1 is 1.19 bits per heavy atom. The zero-order valence-corrected chi connectivity index (χ0v) is 8.86. The molecule has 0 aliphatic rings. The lowest BCUT2D eigenvalue weighted by molar-refractivity contribution is 0.424. The number of nitrogens with zero attached hydrogens (tertiary/aromatic N) is 1. The van der Waals surface area contributed by atoms with Gasteiger partial charge in [0.2, 0.25) is 5.76 Å². The summed E-state index contributed by atoms with van der Waals surface area (Å²) in [6.07, 6.45) is 0. The molecule has 80 valence electrons. The number of aromatic nitrogens is 1. The van der Waals surface area contributed by atoms with Gasteiger partial charge in [0.1, 0.15) is 0 Å². The third kappa shape index (κ3) is 1.35. The summed E-state index contributed by atoms with van der Waals surface area (Å²) in [4.78, 5) is 0. The molecule has 5 heteroatoms. The summed E-state index contributed by atoms with van der Waals surface area (Å²) in [5, 5.41) is 5.08. The molecule has 0 saturated heterocycles. The number of fused-ring (bicyclic) bond motifs is 1. The predicted molar refractivity (Wildman–Crippen MR) is 61.1 cm³/mol. The Bertz CT molecular complexity index is 657. The molecule has 2 heterocycles. The van der Waals surface area contributed by atoms with Crippen LogP contribution in [0.2, 0.25) is 5.02 Å². The third-order valence-corrected chi connectivity index (χ3v) is 2.56. The lowest BCUT2D eigenvalue weighted by atomic mass is 10.2. The number of benzene rings is 1. The second kappa shape index (κ2) is 3.28. The molecule has 1 aromatic carbocycles. The fourth-order valence-electron chi connectivity index (χ4n) is 1.55. The van der Waals surface area contributed by atoms with E-state index >= 15 is 0 Å². The molecule has 0 atom stereocenters. The molecule has 3 aromatic rings. The van der Waals surface area contributed by atoms with Crippen LogP contribution in [0, 0.1) is 0 Å². The largest absolute Gasteiger partial charge is 0.451 e. The molecule has 0 aliphatic heterocycles. The number of hydrogen-bond acceptors (Lipinski definition) is 4. The summed E-state index contributed by atoms with van der Waals surface area (Å²) >= 11 is 6.00. The standard InChI is InChI=1S/C11H7ClN2O2/c12-7-3-1-2-6-4-8(15-11(6)7)9-5-10(13)14-16-9/h1-5H,(H2,13,14).